The number of rotatable bonds is 3. The van der Waals surface area contributed by atoms with Gasteiger partial charge in [-0.1, -0.05) is 13.8 Å². The van der Waals surface area contributed by atoms with Crippen LogP contribution in [0.25, 0.3) is 0 Å². The summed E-state index contributed by atoms with van der Waals surface area (Å²) in [6.07, 6.45) is 5.56. The molecule has 1 aromatic heterocycles. The zero-order chi connectivity index (χ0) is 15.4. The first-order valence-electron chi connectivity index (χ1n) is 8.14. The van der Waals surface area contributed by atoms with Gasteiger partial charge >= 0.3 is 0 Å². The zero-order valence-corrected chi connectivity index (χ0v) is 14.1. The summed E-state index contributed by atoms with van der Waals surface area (Å²) in [5, 5.41) is 0. The van der Waals surface area contributed by atoms with Crippen LogP contribution in [-0.4, -0.2) is 34.9 Å². The summed E-state index contributed by atoms with van der Waals surface area (Å²) in [5.74, 6) is 0.329. The van der Waals surface area contributed by atoms with E-state index >= 15 is 0 Å². The average Bonchev–Trinajstić information content (AvgIpc) is 2.59. The third-order valence-electron chi connectivity index (χ3n) is 5.69. The molecule has 2 aliphatic carbocycles. The van der Waals surface area contributed by atoms with Gasteiger partial charge < -0.3 is 9.47 Å². The summed E-state index contributed by atoms with van der Waals surface area (Å²) < 4.78 is 2.44. The molecule has 0 saturated heterocycles. The predicted octanol–water partition coefficient (Wildman–Crippen LogP) is 3.44. The van der Waals surface area contributed by atoms with Gasteiger partial charge in [-0.05, 0) is 58.2 Å². The molecule has 0 N–H and O–H groups in total. The van der Waals surface area contributed by atoms with Crippen molar-refractivity contribution in [1.82, 2.24) is 9.47 Å². The number of nitrogens with zero attached hydrogens (tertiary/aromatic N) is 2. The third kappa shape index (κ3) is 2.36. The number of aromatic nitrogens is 1. The Hall–Kier alpha value is -1.09. The Labute approximate surface area is 128 Å². The zero-order valence-electron chi connectivity index (χ0n) is 14.1. The Morgan fingerprint density at radius 3 is 2.43 bits per heavy atom. The highest BCUT2D eigenvalue weighted by atomic mass is 16.1. The SMILES string of the molecule is Cc1cc2c(n1CC1(N(C)C)CCC1)CC(C)(C)CC2=O. The van der Waals surface area contributed by atoms with Crippen molar-refractivity contribution in [2.45, 2.75) is 65.0 Å². The van der Waals surface area contributed by atoms with Gasteiger partial charge in [-0.3, -0.25) is 4.79 Å². The topological polar surface area (TPSA) is 25.2 Å². The Morgan fingerprint density at radius 1 is 1.24 bits per heavy atom. The standard InChI is InChI=1S/C18H28N2O/c1-13-9-14-15(10-17(2,3)11-16(14)21)20(13)12-18(19(4)5)7-6-8-18/h9H,6-8,10-12H2,1-5H3. The molecule has 3 nitrogen and oxygen atoms in total. The predicted molar refractivity (Wildman–Crippen MR) is 85.9 cm³/mol. The van der Waals surface area contributed by atoms with E-state index in [1.54, 1.807) is 0 Å². The summed E-state index contributed by atoms with van der Waals surface area (Å²) in [4.78, 5) is 14.8. The number of fused-ring (bicyclic) bond motifs is 1. The monoisotopic (exact) mass is 288 g/mol. The second-order valence-electron chi connectivity index (χ2n) is 8.15. The quantitative estimate of drug-likeness (QED) is 0.851. The fourth-order valence-corrected chi connectivity index (χ4v) is 4.05. The van der Waals surface area contributed by atoms with Crippen molar-refractivity contribution >= 4 is 5.78 Å². The molecule has 21 heavy (non-hydrogen) atoms. The minimum absolute atomic E-state index is 0.0948. The van der Waals surface area contributed by atoms with Gasteiger partial charge in [-0.2, -0.15) is 0 Å². The van der Waals surface area contributed by atoms with Crippen molar-refractivity contribution in [3.05, 3.63) is 23.0 Å². The number of carbonyl (C=O) groups is 1. The van der Waals surface area contributed by atoms with E-state index in [4.69, 9.17) is 0 Å². The molecule has 0 bridgehead atoms. The largest absolute Gasteiger partial charge is 0.346 e. The van der Waals surface area contributed by atoms with Crippen LogP contribution in [0.5, 0.6) is 0 Å². The lowest BCUT2D eigenvalue weighted by Crippen LogP contribution is -2.53. The second kappa shape index (κ2) is 4.70. The third-order valence-corrected chi connectivity index (χ3v) is 5.69. The molecule has 1 saturated carbocycles. The fraction of sp³-hybridized carbons (Fsp3) is 0.722. The van der Waals surface area contributed by atoms with Crippen LogP contribution in [0.2, 0.25) is 0 Å². The molecule has 3 rings (SSSR count). The molecular weight excluding hydrogens is 260 g/mol. The Kier molecular flexibility index (Phi) is 3.32. The highest BCUT2D eigenvalue weighted by molar-refractivity contribution is 5.99. The van der Waals surface area contributed by atoms with Crippen LogP contribution in [0.1, 0.15) is 61.3 Å². The number of hydrogen-bond donors (Lipinski definition) is 0. The minimum Gasteiger partial charge on any atom is -0.346 e. The van der Waals surface area contributed by atoms with Crippen LogP contribution in [0.4, 0.5) is 0 Å². The lowest BCUT2D eigenvalue weighted by Gasteiger charge is -2.48. The smallest absolute Gasteiger partial charge is 0.165 e. The van der Waals surface area contributed by atoms with Gasteiger partial charge in [0.25, 0.3) is 0 Å². The van der Waals surface area contributed by atoms with E-state index in [1.165, 1.54) is 30.7 Å². The average molecular weight is 288 g/mol. The van der Waals surface area contributed by atoms with Crippen molar-refractivity contribution < 1.29 is 4.79 Å². The van der Waals surface area contributed by atoms with Crippen LogP contribution < -0.4 is 0 Å². The summed E-state index contributed by atoms with van der Waals surface area (Å²) >= 11 is 0. The van der Waals surface area contributed by atoms with E-state index in [0.717, 1.165) is 18.5 Å². The molecule has 0 amide bonds. The Morgan fingerprint density at radius 2 is 1.90 bits per heavy atom. The van der Waals surface area contributed by atoms with E-state index < -0.39 is 0 Å². The first-order chi connectivity index (χ1) is 9.74. The van der Waals surface area contributed by atoms with E-state index in [-0.39, 0.29) is 5.41 Å². The molecule has 0 spiro atoms. The van der Waals surface area contributed by atoms with Crippen LogP contribution in [0.3, 0.4) is 0 Å². The maximum absolute atomic E-state index is 12.4. The fourth-order valence-electron chi connectivity index (χ4n) is 4.05. The summed E-state index contributed by atoms with van der Waals surface area (Å²) in [6, 6.07) is 2.12. The molecule has 1 aromatic rings. The molecular formula is C18H28N2O. The Balaban J connectivity index is 1.99. The van der Waals surface area contributed by atoms with E-state index in [2.05, 4.69) is 50.4 Å². The van der Waals surface area contributed by atoms with Gasteiger partial charge in [0.2, 0.25) is 0 Å². The number of hydrogen-bond acceptors (Lipinski definition) is 2. The number of aryl methyl sites for hydroxylation is 1. The number of ketones is 1. The molecule has 0 radical (unpaired) electrons. The normalized spacial score (nSPS) is 23.0. The second-order valence-corrected chi connectivity index (χ2v) is 8.15. The summed E-state index contributed by atoms with van der Waals surface area (Å²) in [6.45, 7) is 7.61. The van der Waals surface area contributed by atoms with Gasteiger partial charge in [0.15, 0.2) is 5.78 Å². The van der Waals surface area contributed by atoms with Crippen molar-refractivity contribution in [1.29, 1.82) is 0 Å². The van der Waals surface area contributed by atoms with E-state index in [9.17, 15) is 4.79 Å². The maximum atomic E-state index is 12.4. The molecule has 3 heteroatoms. The van der Waals surface area contributed by atoms with Crippen molar-refractivity contribution in [3.8, 4) is 0 Å². The van der Waals surface area contributed by atoms with Crippen LogP contribution in [0, 0.1) is 12.3 Å². The van der Waals surface area contributed by atoms with Gasteiger partial charge in [0.1, 0.15) is 0 Å². The number of likely N-dealkylation sites (N-methyl/N-ethyl adjacent to an activating group) is 1. The minimum atomic E-state index is 0.0948. The molecule has 0 aromatic carbocycles. The molecule has 0 unspecified atom stereocenters. The Bertz CT molecular complexity index is 576. The maximum Gasteiger partial charge on any atom is 0.165 e. The first-order valence-corrected chi connectivity index (χ1v) is 8.14. The molecule has 2 aliphatic rings. The van der Waals surface area contributed by atoms with Crippen LogP contribution in [0.15, 0.2) is 6.07 Å². The molecule has 1 fully saturated rings. The van der Waals surface area contributed by atoms with Crippen LogP contribution >= 0.6 is 0 Å². The van der Waals surface area contributed by atoms with Gasteiger partial charge in [0.05, 0.1) is 0 Å². The number of carbonyl (C=O) groups excluding carboxylic acids is 1. The van der Waals surface area contributed by atoms with Crippen molar-refractivity contribution in [3.63, 3.8) is 0 Å². The molecule has 1 heterocycles. The van der Waals surface area contributed by atoms with E-state index in [1.807, 2.05) is 0 Å². The van der Waals surface area contributed by atoms with Crippen molar-refractivity contribution in [2.24, 2.45) is 5.41 Å². The molecule has 0 aliphatic heterocycles. The molecule has 116 valence electrons. The lowest BCUT2D eigenvalue weighted by atomic mass is 9.74. The lowest BCUT2D eigenvalue weighted by molar-refractivity contribution is 0.0406. The van der Waals surface area contributed by atoms with Gasteiger partial charge in [0, 0.05) is 35.5 Å². The summed E-state index contributed by atoms with van der Waals surface area (Å²) in [7, 11) is 4.39. The highest BCUT2D eigenvalue weighted by Gasteiger charge is 2.41. The van der Waals surface area contributed by atoms with Gasteiger partial charge in [-0.15, -0.1) is 0 Å². The first kappa shape index (κ1) is 14.8. The highest BCUT2D eigenvalue weighted by Crippen LogP contribution is 2.41. The summed E-state index contributed by atoms with van der Waals surface area (Å²) in [5.41, 5.74) is 3.90. The van der Waals surface area contributed by atoms with Crippen LogP contribution in [-0.2, 0) is 13.0 Å². The van der Waals surface area contributed by atoms with Crippen molar-refractivity contribution in [2.75, 3.05) is 14.1 Å². The van der Waals surface area contributed by atoms with Gasteiger partial charge in [-0.25, -0.2) is 0 Å². The number of Topliss-reactive ketones (excluding diaryl/α,β-unsaturated/α-hetero) is 1. The van der Waals surface area contributed by atoms with E-state index in [0.29, 0.717) is 17.7 Å². The molecule has 0 atom stereocenters.